The molecule has 1 N–H and O–H groups in total. The third-order valence-corrected chi connectivity index (χ3v) is 4.81. The van der Waals surface area contributed by atoms with Crippen molar-refractivity contribution in [3.63, 3.8) is 0 Å². The Morgan fingerprint density at radius 1 is 1.14 bits per heavy atom. The Labute approximate surface area is 130 Å². The lowest BCUT2D eigenvalue weighted by molar-refractivity contribution is 0.112. The Morgan fingerprint density at radius 2 is 1.76 bits per heavy atom. The lowest BCUT2D eigenvalue weighted by Gasteiger charge is -2.38. The van der Waals surface area contributed by atoms with Gasteiger partial charge in [0.2, 0.25) is 0 Å². The minimum absolute atomic E-state index is 0.409. The average Bonchev–Trinajstić information content (AvgIpc) is 2.38. The third-order valence-electron chi connectivity index (χ3n) is 4.81. The lowest BCUT2D eigenvalue weighted by Crippen LogP contribution is -2.54. The van der Waals surface area contributed by atoms with E-state index in [1.165, 1.54) is 35.3 Å². The van der Waals surface area contributed by atoms with E-state index in [9.17, 15) is 0 Å². The van der Waals surface area contributed by atoms with Crippen molar-refractivity contribution in [1.82, 2.24) is 15.1 Å². The molecule has 3 heteroatoms. The van der Waals surface area contributed by atoms with Gasteiger partial charge in [0.15, 0.2) is 0 Å². The van der Waals surface area contributed by atoms with Crippen molar-refractivity contribution in [3.8, 4) is 0 Å². The average molecular weight is 289 g/mol. The van der Waals surface area contributed by atoms with Gasteiger partial charge in [0.1, 0.15) is 0 Å². The van der Waals surface area contributed by atoms with E-state index in [4.69, 9.17) is 0 Å². The van der Waals surface area contributed by atoms with Gasteiger partial charge in [-0.2, -0.15) is 0 Å². The zero-order valence-corrected chi connectivity index (χ0v) is 14.5. The number of likely N-dealkylation sites (N-methyl/N-ethyl adjacent to an activating group) is 2. The molecule has 0 spiro atoms. The van der Waals surface area contributed by atoms with Crippen LogP contribution in [-0.2, 0) is 0 Å². The number of piperazine rings is 1. The van der Waals surface area contributed by atoms with E-state index in [0.29, 0.717) is 12.1 Å². The summed E-state index contributed by atoms with van der Waals surface area (Å²) in [5, 5.41) is 3.75. The number of nitrogens with one attached hydrogen (secondary N) is 1. The van der Waals surface area contributed by atoms with Crippen molar-refractivity contribution >= 4 is 0 Å². The summed E-state index contributed by atoms with van der Waals surface area (Å²) in [6, 6.07) is 5.60. The van der Waals surface area contributed by atoms with Gasteiger partial charge >= 0.3 is 0 Å². The summed E-state index contributed by atoms with van der Waals surface area (Å²) in [7, 11) is 4.46. The maximum atomic E-state index is 3.75. The Bertz CT molecular complexity index is 460. The van der Waals surface area contributed by atoms with Gasteiger partial charge in [0, 0.05) is 38.3 Å². The Kier molecular flexibility index (Phi) is 5.42. The SMILES string of the molecule is Cc1cc(C)c(C(C)NCC2CN(C)CCN2C)c(C)c1. The summed E-state index contributed by atoms with van der Waals surface area (Å²) in [4.78, 5) is 4.91. The van der Waals surface area contributed by atoms with Crippen LogP contribution in [0.3, 0.4) is 0 Å². The normalized spacial score (nSPS) is 22.5. The summed E-state index contributed by atoms with van der Waals surface area (Å²) in [6.45, 7) is 13.5. The molecule has 0 saturated carbocycles. The van der Waals surface area contributed by atoms with E-state index < -0.39 is 0 Å². The van der Waals surface area contributed by atoms with Crippen molar-refractivity contribution in [2.75, 3.05) is 40.3 Å². The molecule has 1 aromatic carbocycles. The predicted molar refractivity (Wildman–Crippen MR) is 91.0 cm³/mol. The van der Waals surface area contributed by atoms with Gasteiger partial charge < -0.3 is 10.2 Å². The second kappa shape index (κ2) is 6.91. The molecule has 1 aromatic rings. The topological polar surface area (TPSA) is 18.5 Å². The number of rotatable bonds is 4. The van der Waals surface area contributed by atoms with Crippen LogP contribution in [-0.4, -0.2) is 56.1 Å². The number of hydrogen-bond donors (Lipinski definition) is 1. The molecular weight excluding hydrogens is 258 g/mol. The van der Waals surface area contributed by atoms with Crippen LogP contribution in [0.15, 0.2) is 12.1 Å². The number of benzene rings is 1. The first-order chi connectivity index (χ1) is 9.88. The van der Waals surface area contributed by atoms with Gasteiger partial charge in [0.05, 0.1) is 0 Å². The highest BCUT2D eigenvalue weighted by Gasteiger charge is 2.22. The van der Waals surface area contributed by atoms with Crippen molar-refractivity contribution in [3.05, 3.63) is 34.4 Å². The second-order valence-electron chi connectivity index (χ2n) is 6.84. The second-order valence-corrected chi connectivity index (χ2v) is 6.84. The number of aryl methyl sites for hydroxylation is 3. The van der Waals surface area contributed by atoms with Gasteiger partial charge in [-0.25, -0.2) is 0 Å². The standard InChI is InChI=1S/C18H31N3/c1-13-9-14(2)18(15(3)10-13)16(4)19-11-17-12-20(5)7-8-21(17)6/h9-10,16-17,19H,7-8,11-12H2,1-6H3. The molecule has 0 radical (unpaired) electrons. The van der Waals surface area contributed by atoms with Gasteiger partial charge in [-0.05, 0) is 58.5 Å². The van der Waals surface area contributed by atoms with E-state index in [0.717, 1.165) is 13.1 Å². The van der Waals surface area contributed by atoms with Crippen LogP contribution in [0.5, 0.6) is 0 Å². The van der Waals surface area contributed by atoms with Crippen molar-refractivity contribution < 1.29 is 0 Å². The first-order valence-corrected chi connectivity index (χ1v) is 8.08. The van der Waals surface area contributed by atoms with Crippen LogP contribution < -0.4 is 5.32 Å². The molecule has 21 heavy (non-hydrogen) atoms. The Hall–Kier alpha value is -0.900. The highest BCUT2D eigenvalue weighted by atomic mass is 15.3. The van der Waals surface area contributed by atoms with Crippen molar-refractivity contribution in [2.45, 2.75) is 39.8 Å². The Morgan fingerprint density at radius 3 is 2.38 bits per heavy atom. The highest BCUT2D eigenvalue weighted by Crippen LogP contribution is 2.23. The van der Waals surface area contributed by atoms with Crippen LogP contribution in [0.4, 0.5) is 0 Å². The fraction of sp³-hybridized carbons (Fsp3) is 0.667. The first-order valence-electron chi connectivity index (χ1n) is 8.08. The molecule has 2 unspecified atom stereocenters. The van der Waals surface area contributed by atoms with E-state index in [1.807, 2.05) is 0 Å². The van der Waals surface area contributed by atoms with Crippen LogP contribution in [0, 0.1) is 20.8 Å². The summed E-state index contributed by atoms with van der Waals surface area (Å²) < 4.78 is 0. The smallest absolute Gasteiger partial charge is 0.0345 e. The zero-order chi connectivity index (χ0) is 15.6. The first kappa shape index (κ1) is 16.5. The molecule has 1 fully saturated rings. The van der Waals surface area contributed by atoms with E-state index in [-0.39, 0.29) is 0 Å². The minimum atomic E-state index is 0.409. The zero-order valence-electron chi connectivity index (χ0n) is 14.5. The van der Waals surface area contributed by atoms with Gasteiger partial charge in [-0.1, -0.05) is 17.7 Å². The molecule has 0 bridgehead atoms. The van der Waals surface area contributed by atoms with E-state index >= 15 is 0 Å². The maximum Gasteiger partial charge on any atom is 0.0345 e. The molecule has 1 saturated heterocycles. The number of nitrogens with zero attached hydrogens (tertiary/aromatic N) is 2. The molecular formula is C18H31N3. The summed E-state index contributed by atoms with van der Waals surface area (Å²) in [5.74, 6) is 0. The van der Waals surface area contributed by atoms with Crippen molar-refractivity contribution in [2.24, 2.45) is 0 Å². The Balaban J connectivity index is 2.00. The molecule has 0 aromatic heterocycles. The monoisotopic (exact) mass is 289 g/mol. The van der Waals surface area contributed by atoms with Gasteiger partial charge in [-0.15, -0.1) is 0 Å². The third kappa shape index (κ3) is 4.06. The van der Waals surface area contributed by atoms with Gasteiger partial charge in [0.25, 0.3) is 0 Å². The van der Waals surface area contributed by atoms with E-state index in [2.05, 4.69) is 69.0 Å². The minimum Gasteiger partial charge on any atom is -0.309 e. The van der Waals surface area contributed by atoms with Crippen LogP contribution in [0.25, 0.3) is 0 Å². The molecule has 3 nitrogen and oxygen atoms in total. The maximum absolute atomic E-state index is 3.75. The van der Waals surface area contributed by atoms with Crippen molar-refractivity contribution in [1.29, 1.82) is 0 Å². The van der Waals surface area contributed by atoms with Crippen LogP contribution >= 0.6 is 0 Å². The molecule has 0 aliphatic carbocycles. The van der Waals surface area contributed by atoms with E-state index in [1.54, 1.807) is 0 Å². The quantitative estimate of drug-likeness (QED) is 0.919. The molecule has 2 rings (SSSR count). The molecule has 1 aliphatic rings. The summed E-state index contributed by atoms with van der Waals surface area (Å²) >= 11 is 0. The summed E-state index contributed by atoms with van der Waals surface area (Å²) in [5.41, 5.74) is 5.63. The number of hydrogen-bond acceptors (Lipinski definition) is 3. The van der Waals surface area contributed by atoms with Crippen LogP contribution in [0.1, 0.15) is 35.2 Å². The van der Waals surface area contributed by atoms with Gasteiger partial charge in [-0.3, -0.25) is 4.90 Å². The highest BCUT2D eigenvalue weighted by molar-refractivity contribution is 5.39. The molecule has 1 heterocycles. The van der Waals surface area contributed by atoms with Crippen LogP contribution in [0.2, 0.25) is 0 Å². The fourth-order valence-electron chi connectivity index (χ4n) is 3.61. The molecule has 1 aliphatic heterocycles. The molecule has 0 amide bonds. The molecule has 2 atom stereocenters. The lowest BCUT2D eigenvalue weighted by atomic mass is 9.94. The summed E-state index contributed by atoms with van der Waals surface area (Å²) in [6.07, 6.45) is 0. The molecule has 118 valence electrons. The largest absolute Gasteiger partial charge is 0.309 e. The predicted octanol–water partition coefficient (Wildman–Crippen LogP) is 2.51. The fourth-order valence-corrected chi connectivity index (χ4v) is 3.61.